The molecule has 0 fully saturated rings. The van der Waals surface area contributed by atoms with E-state index in [0.717, 1.165) is 50.7 Å². The number of para-hydroxylation sites is 2. The molecule has 1 heterocycles. The smallest absolute Gasteiger partial charge is 0.143 e. The van der Waals surface area contributed by atoms with Gasteiger partial charge in [0.25, 0.3) is 0 Å². The van der Waals surface area contributed by atoms with Gasteiger partial charge in [0, 0.05) is 27.6 Å². The molecule has 214 valence electrons. The topological polar surface area (TPSA) is 51.2 Å². The highest BCUT2D eigenvalue weighted by Crippen LogP contribution is 2.54. The van der Waals surface area contributed by atoms with Crippen molar-refractivity contribution in [3.63, 3.8) is 0 Å². The first-order valence-electron chi connectivity index (χ1n) is 15.5. The van der Waals surface area contributed by atoms with E-state index in [-0.39, 0.29) is 0 Å². The molecule has 3 heteroatoms. The van der Waals surface area contributed by atoms with Crippen molar-refractivity contribution in [3.8, 4) is 33.4 Å². The van der Waals surface area contributed by atoms with Gasteiger partial charge in [-0.15, -0.1) is 0 Å². The van der Waals surface area contributed by atoms with Crippen LogP contribution in [0.4, 0.5) is 5.69 Å². The van der Waals surface area contributed by atoms with Gasteiger partial charge in [0.15, 0.2) is 0 Å². The molecular weight excluding hydrogens is 548 g/mol. The maximum atomic E-state index is 7.17. The minimum atomic E-state index is -0.442. The van der Waals surface area contributed by atoms with Gasteiger partial charge in [0.05, 0.1) is 0 Å². The summed E-state index contributed by atoms with van der Waals surface area (Å²) in [5.74, 6) is 0. The van der Waals surface area contributed by atoms with Crippen molar-refractivity contribution in [2.24, 2.45) is 5.73 Å². The van der Waals surface area contributed by atoms with Crippen LogP contribution in [0.1, 0.15) is 22.9 Å². The number of nitrogens with two attached hydrogens (primary N) is 1. The summed E-state index contributed by atoms with van der Waals surface area (Å²) in [6.45, 7) is 0. The molecule has 7 aromatic carbocycles. The normalized spacial score (nSPS) is 12.6. The molecule has 0 saturated heterocycles. The second-order valence-corrected chi connectivity index (χ2v) is 11.9. The van der Waals surface area contributed by atoms with E-state index in [1.807, 2.05) is 12.1 Å². The third-order valence-corrected chi connectivity index (χ3v) is 9.26. The Hall–Kier alpha value is -5.64. The van der Waals surface area contributed by atoms with Gasteiger partial charge in [-0.3, -0.25) is 0 Å². The Kier molecular flexibility index (Phi) is 5.87. The van der Waals surface area contributed by atoms with Crippen molar-refractivity contribution in [2.75, 3.05) is 5.32 Å². The number of nitrogens with one attached hydrogen (secondary N) is 1. The molecule has 1 aromatic heterocycles. The number of anilines is 1. The molecule has 0 spiro atoms. The zero-order valence-electron chi connectivity index (χ0n) is 24.6. The van der Waals surface area contributed by atoms with Gasteiger partial charge in [0.2, 0.25) is 0 Å². The van der Waals surface area contributed by atoms with Crippen LogP contribution in [0, 0.1) is 0 Å². The Labute approximate surface area is 261 Å². The van der Waals surface area contributed by atoms with E-state index in [9.17, 15) is 0 Å². The van der Waals surface area contributed by atoms with Gasteiger partial charge in [-0.1, -0.05) is 127 Å². The van der Waals surface area contributed by atoms with Gasteiger partial charge >= 0.3 is 0 Å². The fraction of sp³-hybridized carbons (Fsp3) is 0.0476. The maximum absolute atomic E-state index is 7.17. The quantitative estimate of drug-likeness (QED) is 0.193. The monoisotopic (exact) mass is 578 g/mol. The number of hydrogen-bond donors (Lipinski definition) is 2. The Morgan fingerprint density at radius 2 is 1.29 bits per heavy atom. The third-order valence-electron chi connectivity index (χ3n) is 9.26. The molecule has 3 nitrogen and oxygen atoms in total. The lowest BCUT2D eigenvalue weighted by Gasteiger charge is -2.22. The summed E-state index contributed by atoms with van der Waals surface area (Å²) in [6.07, 6.45) is 0.363. The fourth-order valence-electron chi connectivity index (χ4n) is 7.16. The van der Waals surface area contributed by atoms with Crippen LogP contribution in [-0.2, 0) is 6.42 Å². The molecule has 3 N–H and O–H groups in total. The van der Waals surface area contributed by atoms with Crippen molar-refractivity contribution in [1.29, 1.82) is 0 Å². The van der Waals surface area contributed by atoms with Crippen LogP contribution in [0.25, 0.3) is 66.1 Å². The van der Waals surface area contributed by atoms with Crippen LogP contribution >= 0.6 is 0 Å². The molecule has 1 aliphatic rings. The van der Waals surface area contributed by atoms with Crippen molar-refractivity contribution in [2.45, 2.75) is 12.6 Å². The van der Waals surface area contributed by atoms with E-state index in [2.05, 4.69) is 139 Å². The van der Waals surface area contributed by atoms with E-state index in [0.29, 0.717) is 0 Å². The molecule has 0 aliphatic heterocycles. The van der Waals surface area contributed by atoms with Gasteiger partial charge in [0.1, 0.15) is 17.3 Å². The lowest BCUT2D eigenvalue weighted by molar-refractivity contribution is 0.670. The first kappa shape index (κ1) is 25.8. The van der Waals surface area contributed by atoms with Crippen LogP contribution in [0.2, 0.25) is 0 Å². The number of rotatable bonds is 6. The predicted molar refractivity (Wildman–Crippen MR) is 187 cm³/mol. The number of hydrogen-bond acceptors (Lipinski definition) is 3. The second-order valence-electron chi connectivity index (χ2n) is 11.9. The van der Waals surface area contributed by atoms with Gasteiger partial charge in [-0.05, 0) is 74.3 Å². The molecule has 1 aliphatic carbocycles. The lowest BCUT2D eigenvalue weighted by Crippen LogP contribution is -2.21. The van der Waals surface area contributed by atoms with E-state index in [1.165, 1.54) is 44.2 Å². The Morgan fingerprint density at radius 3 is 2.11 bits per heavy atom. The van der Waals surface area contributed by atoms with Crippen LogP contribution in [0.5, 0.6) is 0 Å². The number of furan rings is 1. The van der Waals surface area contributed by atoms with Gasteiger partial charge in [-0.2, -0.15) is 0 Å². The summed E-state index contributed by atoms with van der Waals surface area (Å²) in [4.78, 5) is 0. The van der Waals surface area contributed by atoms with Crippen LogP contribution in [0.15, 0.2) is 150 Å². The molecule has 0 radical (unpaired) electrons. The highest BCUT2D eigenvalue weighted by Gasteiger charge is 2.30. The molecule has 9 rings (SSSR count). The Balaban J connectivity index is 1.13. The lowest BCUT2D eigenvalue weighted by atomic mass is 9.93. The van der Waals surface area contributed by atoms with Crippen molar-refractivity contribution in [1.82, 2.24) is 0 Å². The summed E-state index contributed by atoms with van der Waals surface area (Å²) in [7, 11) is 0. The van der Waals surface area contributed by atoms with Crippen LogP contribution in [0.3, 0.4) is 0 Å². The first-order valence-corrected chi connectivity index (χ1v) is 15.5. The summed E-state index contributed by atoms with van der Waals surface area (Å²) in [5.41, 5.74) is 20.7. The van der Waals surface area contributed by atoms with Crippen LogP contribution in [-0.4, -0.2) is 0 Å². The van der Waals surface area contributed by atoms with E-state index >= 15 is 0 Å². The third kappa shape index (κ3) is 4.16. The summed E-state index contributed by atoms with van der Waals surface area (Å²) >= 11 is 0. The minimum Gasteiger partial charge on any atom is -0.455 e. The van der Waals surface area contributed by atoms with E-state index in [4.69, 9.17) is 10.2 Å². The number of benzene rings is 7. The summed E-state index contributed by atoms with van der Waals surface area (Å²) in [5, 5.41) is 8.40. The second kappa shape index (κ2) is 10.2. The van der Waals surface area contributed by atoms with Gasteiger partial charge < -0.3 is 15.5 Å². The summed E-state index contributed by atoms with van der Waals surface area (Å²) < 4.78 is 6.57. The summed E-state index contributed by atoms with van der Waals surface area (Å²) in [6, 6.07) is 51.5. The zero-order chi connectivity index (χ0) is 29.9. The molecule has 0 amide bonds. The Bertz CT molecular complexity index is 2380. The molecule has 45 heavy (non-hydrogen) atoms. The SMILES string of the molecule is NC(Nc1ccccc1Cc1ccc(-c2ccccc2)cc1)c1cc2c(oc3ccccc32)c2c1-c1cccc3cccc-2c13. The maximum Gasteiger partial charge on any atom is 0.143 e. The predicted octanol–water partition coefficient (Wildman–Crippen LogP) is 10.7. The highest BCUT2D eigenvalue weighted by molar-refractivity contribution is 6.23. The zero-order valence-corrected chi connectivity index (χ0v) is 24.6. The van der Waals surface area contributed by atoms with Crippen LogP contribution < -0.4 is 11.1 Å². The van der Waals surface area contributed by atoms with Crippen molar-refractivity contribution < 1.29 is 4.42 Å². The Morgan fingerprint density at radius 1 is 0.600 bits per heavy atom. The molecule has 0 bridgehead atoms. The largest absolute Gasteiger partial charge is 0.455 e. The standard InChI is InChI=1S/C42H30N2O/c43-42(44-36-18-6-4-12-30(36)24-26-20-22-28(23-21-26)27-10-2-1-3-11-27)35-25-34-31-15-5-7-19-37(31)45-41(34)40-33-17-9-14-29-13-8-16-32(38(29)33)39(35)40/h1-23,25,42,44H,24,43H2. The molecular formula is C42H30N2O. The van der Waals surface area contributed by atoms with E-state index < -0.39 is 6.17 Å². The van der Waals surface area contributed by atoms with Crippen molar-refractivity contribution in [3.05, 3.63) is 162 Å². The average Bonchev–Trinajstić information content (AvgIpc) is 3.63. The van der Waals surface area contributed by atoms with E-state index in [1.54, 1.807) is 0 Å². The van der Waals surface area contributed by atoms with Crippen molar-refractivity contribution >= 4 is 38.4 Å². The molecule has 8 aromatic rings. The molecule has 0 saturated carbocycles. The average molecular weight is 579 g/mol. The highest BCUT2D eigenvalue weighted by atomic mass is 16.3. The molecule has 1 unspecified atom stereocenters. The number of fused-ring (bicyclic) bond motifs is 7. The fourth-order valence-corrected chi connectivity index (χ4v) is 7.16. The molecule has 1 atom stereocenters. The first-order chi connectivity index (χ1) is 22.2. The minimum absolute atomic E-state index is 0.442. The van der Waals surface area contributed by atoms with Gasteiger partial charge in [-0.25, -0.2) is 0 Å².